The molecule has 0 fully saturated rings. The van der Waals surface area contributed by atoms with E-state index in [4.69, 9.17) is 4.74 Å². The van der Waals surface area contributed by atoms with E-state index >= 15 is 0 Å². The lowest BCUT2D eigenvalue weighted by Crippen LogP contribution is -2.05. The van der Waals surface area contributed by atoms with Crippen molar-refractivity contribution in [3.8, 4) is 11.5 Å². The van der Waals surface area contributed by atoms with E-state index in [1.165, 1.54) is 64.2 Å². The van der Waals surface area contributed by atoms with Crippen LogP contribution in [-0.2, 0) is 9.59 Å². The first-order chi connectivity index (χ1) is 13.1. The lowest BCUT2D eigenvalue weighted by atomic mass is 10.0. The van der Waals surface area contributed by atoms with Gasteiger partial charge in [-0.15, -0.1) is 0 Å². The second kappa shape index (κ2) is 14.0. The Morgan fingerprint density at radius 1 is 1.00 bits per heavy atom. The molecule has 0 bridgehead atoms. The van der Waals surface area contributed by atoms with Gasteiger partial charge in [-0.1, -0.05) is 70.4 Å². The van der Waals surface area contributed by atoms with Crippen LogP contribution >= 0.6 is 0 Å². The monoisotopic (exact) mass is 374 g/mol. The summed E-state index contributed by atoms with van der Waals surface area (Å²) in [6, 6.07) is 4.84. The molecule has 0 aliphatic rings. The van der Waals surface area contributed by atoms with Gasteiger partial charge < -0.3 is 9.84 Å². The molecule has 0 saturated carbocycles. The predicted molar refractivity (Wildman–Crippen MR) is 110 cm³/mol. The molecule has 0 aliphatic carbocycles. The molecular weight excluding hydrogens is 340 g/mol. The van der Waals surface area contributed by atoms with E-state index in [1.54, 1.807) is 18.2 Å². The summed E-state index contributed by atoms with van der Waals surface area (Å²) >= 11 is 0. The highest BCUT2D eigenvalue weighted by Crippen LogP contribution is 2.26. The van der Waals surface area contributed by atoms with Crippen LogP contribution < -0.4 is 4.74 Å². The molecule has 4 nitrogen and oxygen atoms in total. The summed E-state index contributed by atoms with van der Waals surface area (Å²) in [7, 11) is 1.47. The van der Waals surface area contributed by atoms with Gasteiger partial charge >= 0.3 is 0 Å². The summed E-state index contributed by atoms with van der Waals surface area (Å²) in [5.74, 6) is 0.224. The van der Waals surface area contributed by atoms with Crippen molar-refractivity contribution in [3.05, 3.63) is 29.8 Å². The van der Waals surface area contributed by atoms with E-state index < -0.39 is 0 Å². The Balaban J connectivity index is 2.18. The highest BCUT2D eigenvalue weighted by molar-refractivity contribution is 6.06. The van der Waals surface area contributed by atoms with Crippen LogP contribution in [0.2, 0.25) is 0 Å². The van der Waals surface area contributed by atoms with Gasteiger partial charge in [-0.2, -0.15) is 0 Å². The Hall–Kier alpha value is -2.10. The van der Waals surface area contributed by atoms with Crippen LogP contribution in [0, 0.1) is 0 Å². The van der Waals surface area contributed by atoms with Crippen molar-refractivity contribution in [2.75, 3.05) is 7.11 Å². The highest BCUT2D eigenvalue weighted by atomic mass is 16.5. The Kier molecular flexibility index (Phi) is 11.9. The topological polar surface area (TPSA) is 63.6 Å². The van der Waals surface area contributed by atoms with E-state index in [9.17, 15) is 14.7 Å². The molecular formula is C23H34O4. The molecule has 150 valence electrons. The third kappa shape index (κ3) is 10.6. The number of hydrogen-bond donors (Lipinski definition) is 1. The SMILES string of the molecule is CCCCCCCCCCCC(=O)CC(=O)/C=C/c1ccc(O)c(OC)c1. The summed E-state index contributed by atoms with van der Waals surface area (Å²) in [4.78, 5) is 23.8. The number of ether oxygens (including phenoxy) is 1. The number of phenols is 1. The molecule has 1 N–H and O–H groups in total. The smallest absolute Gasteiger partial charge is 0.163 e. The van der Waals surface area contributed by atoms with Crippen molar-refractivity contribution in [2.45, 2.75) is 77.6 Å². The molecule has 0 aliphatic heterocycles. The number of aromatic hydroxyl groups is 1. The predicted octanol–water partition coefficient (Wildman–Crippen LogP) is 5.86. The number of hydrogen-bond acceptors (Lipinski definition) is 4. The van der Waals surface area contributed by atoms with Gasteiger partial charge in [-0.05, 0) is 30.2 Å². The zero-order valence-electron chi connectivity index (χ0n) is 16.8. The number of methoxy groups -OCH3 is 1. The van der Waals surface area contributed by atoms with Crippen LogP contribution in [0.1, 0.15) is 83.1 Å². The van der Waals surface area contributed by atoms with E-state index in [-0.39, 0.29) is 23.7 Å². The molecule has 0 saturated heterocycles. The standard InChI is InChI=1S/C23H34O4/c1-3-4-5-6-7-8-9-10-11-12-20(24)18-21(25)15-13-19-14-16-22(26)23(17-19)27-2/h13-17,26H,3-12,18H2,1-2H3/b15-13+. The zero-order chi connectivity index (χ0) is 19.9. The van der Waals surface area contributed by atoms with Gasteiger partial charge in [0.15, 0.2) is 17.3 Å². The number of allylic oxidation sites excluding steroid dienone is 1. The van der Waals surface area contributed by atoms with Crippen LogP contribution in [0.25, 0.3) is 6.08 Å². The fourth-order valence-corrected chi connectivity index (χ4v) is 2.96. The van der Waals surface area contributed by atoms with Crippen molar-refractivity contribution in [1.82, 2.24) is 0 Å². The Labute approximate surface area is 163 Å². The molecule has 0 atom stereocenters. The number of benzene rings is 1. The molecule has 1 rings (SSSR count). The normalized spacial score (nSPS) is 11.0. The van der Waals surface area contributed by atoms with Gasteiger partial charge in [0.2, 0.25) is 0 Å². The molecule has 0 spiro atoms. The van der Waals surface area contributed by atoms with Gasteiger partial charge in [0, 0.05) is 6.42 Å². The summed E-state index contributed by atoms with van der Waals surface area (Å²) in [6.45, 7) is 2.22. The fraction of sp³-hybridized carbons (Fsp3) is 0.565. The van der Waals surface area contributed by atoms with Crippen molar-refractivity contribution >= 4 is 17.6 Å². The first kappa shape index (κ1) is 22.9. The van der Waals surface area contributed by atoms with E-state index in [0.29, 0.717) is 12.2 Å². The number of unbranched alkanes of at least 4 members (excludes halogenated alkanes) is 8. The number of rotatable bonds is 15. The van der Waals surface area contributed by atoms with Gasteiger partial charge in [0.1, 0.15) is 5.78 Å². The van der Waals surface area contributed by atoms with E-state index in [2.05, 4.69) is 6.92 Å². The number of phenolic OH excluding ortho intramolecular Hbond substituents is 1. The third-order valence-corrected chi connectivity index (χ3v) is 4.60. The van der Waals surface area contributed by atoms with Crippen LogP contribution in [-0.4, -0.2) is 23.8 Å². The van der Waals surface area contributed by atoms with E-state index in [1.807, 2.05) is 0 Å². The first-order valence-electron chi connectivity index (χ1n) is 10.2. The summed E-state index contributed by atoms with van der Waals surface area (Å²) in [5, 5.41) is 9.56. The third-order valence-electron chi connectivity index (χ3n) is 4.60. The second-order valence-electron chi connectivity index (χ2n) is 7.02. The van der Waals surface area contributed by atoms with Crippen molar-refractivity contribution < 1.29 is 19.4 Å². The van der Waals surface area contributed by atoms with Gasteiger partial charge in [0.25, 0.3) is 0 Å². The number of carbonyl (C=O) groups excluding carboxylic acids is 2. The molecule has 1 aromatic rings. The van der Waals surface area contributed by atoms with Gasteiger partial charge in [0.05, 0.1) is 13.5 Å². The van der Waals surface area contributed by atoms with E-state index in [0.717, 1.165) is 18.4 Å². The first-order valence-corrected chi connectivity index (χ1v) is 10.2. The maximum absolute atomic E-state index is 11.9. The van der Waals surface area contributed by atoms with Gasteiger partial charge in [-0.3, -0.25) is 9.59 Å². The highest BCUT2D eigenvalue weighted by Gasteiger charge is 2.07. The number of ketones is 2. The second-order valence-corrected chi connectivity index (χ2v) is 7.02. The fourth-order valence-electron chi connectivity index (χ4n) is 2.96. The van der Waals surface area contributed by atoms with Gasteiger partial charge in [-0.25, -0.2) is 0 Å². The number of Topliss-reactive ketones (excluding diaryl/α,β-unsaturated/α-hetero) is 1. The quantitative estimate of drug-likeness (QED) is 0.237. The molecule has 0 heterocycles. The molecule has 1 aromatic carbocycles. The minimum Gasteiger partial charge on any atom is -0.504 e. The largest absolute Gasteiger partial charge is 0.504 e. The van der Waals surface area contributed by atoms with Crippen molar-refractivity contribution in [2.24, 2.45) is 0 Å². The molecule has 4 heteroatoms. The van der Waals surface area contributed by atoms with Crippen LogP contribution in [0.4, 0.5) is 0 Å². The summed E-state index contributed by atoms with van der Waals surface area (Å²) in [6.07, 6.45) is 14.4. The molecule has 0 amide bonds. The molecule has 0 unspecified atom stereocenters. The van der Waals surface area contributed by atoms with Crippen LogP contribution in [0.15, 0.2) is 24.3 Å². The Morgan fingerprint density at radius 3 is 2.26 bits per heavy atom. The maximum atomic E-state index is 11.9. The molecule has 0 radical (unpaired) electrons. The van der Waals surface area contributed by atoms with Crippen LogP contribution in [0.3, 0.4) is 0 Å². The molecule has 0 aromatic heterocycles. The summed E-state index contributed by atoms with van der Waals surface area (Å²) < 4.78 is 5.03. The maximum Gasteiger partial charge on any atom is 0.163 e. The Bertz CT molecular complexity index is 604. The van der Waals surface area contributed by atoms with Crippen molar-refractivity contribution in [3.63, 3.8) is 0 Å². The zero-order valence-corrected chi connectivity index (χ0v) is 16.8. The summed E-state index contributed by atoms with van der Waals surface area (Å²) in [5.41, 5.74) is 0.740. The average molecular weight is 375 g/mol. The minimum absolute atomic E-state index is 0.0101. The van der Waals surface area contributed by atoms with Crippen molar-refractivity contribution in [1.29, 1.82) is 0 Å². The lowest BCUT2D eigenvalue weighted by molar-refractivity contribution is -0.124. The minimum atomic E-state index is -0.192. The van der Waals surface area contributed by atoms with Crippen LogP contribution in [0.5, 0.6) is 11.5 Å². The number of carbonyl (C=O) groups is 2. The Morgan fingerprint density at radius 2 is 1.63 bits per heavy atom. The average Bonchev–Trinajstić information content (AvgIpc) is 2.66. The molecule has 27 heavy (non-hydrogen) atoms. The lowest BCUT2D eigenvalue weighted by Gasteiger charge is -2.03.